The average Bonchev–Trinajstić information content (AvgIpc) is 3.35. The van der Waals surface area contributed by atoms with E-state index in [2.05, 4.69) is 4.37 Å². The molecule has 0 radical (unpaired) electrons. The van der Waals surface area contributed by atoms with Gasteiger partial charge in [-0.3, -0.25) is 0 Å². The molecule has 29 heavy (non-hydrogen) atoms. The predicted molar refractivity (Wildman–Crippen MR) is 110 cm³/mol. The van der Waals surface area contributed by atoms with E-state index in [4.69, 9.17) is 18.9 Å². The summed E-state index contributed by atoms with van der Waals surface area (Å²) in [5.74, 6) is 2.06. The lowest BCUT2D eigenvalue weighted by molar-refractivity contribution is 0.171. The third-order valence-corrected chi connectivity index (χ3v) is 6.88. The molecule has 0 saturated heterocycles. The van der Waals surface area contributed by atoms with Crippen molar-refractivity contribution in [2.45, 2.75) is 4.90 Å². The van der Waals surface area contributed by atoms with E-state index in [1.165, 1.54) is 18.6 Å². The fourth-order valence-electron chi connectivity index (χ4n) is 2.96. The van der Waals surface area contributed by atoms with E-state index in [-0.39, 0.29) is 6.79 Å². The molecule has 0 bridgehead atoms. The number of hydrogen-bond donors (Lipinski definition) is 2. The fourth-order valence-corrected chi connectivity index (χ4v) is 5.55. The highest BCUT2D eigenvalue weighted by molar-refractivity contribution is 8.54. The summed E-state index contributed by atoms with van der Waals surface area (Å²) < 4.78 is 37.6. The first-order valence-electron chi connectivity index (χ1n) is 8.25. The van der Waals surface area contributed by atoms with Gasteiger partial charge in [0.25, 0.3) is 0 Å². The standard InChI is InChI=1S/C18H16NO7PS2/c1-23-13-4-3-10(7-16(13)29-27(20,21)22)12-8-28-19-17(12)11-5-14(24-2)18-15(6-11)25-9-26-18/h3-8H,9H2,1-2H3,(H2,20,21,22). The third-order valence-electron chi connectivity index (χ3n) is 4.19. The van der Waals surface area contributed by atoms with E-state index in [1.807, 2.05) is 23.6 Å². The lowest BCUT2D eigenvalue weighted by Crippen LogP contribution is -1.93. The minimum absolute atomic E-state index is 0.126. The molecule has 8 nitrogen and oxygen atoms in total. The highest BCUT2D eigenvalue weighted by Gasteiger charge is 2.24. The second-order valence-corrected chi connectivity index (χ2v) is 10.1. The largest absolute Gasteiger partial charge is 0.496 e. The van der Waals surface area contributed by atoms with Gasteiger partial charge in [-0.15, -0.1) is 0 Å². The van der Waals surface area contributed by atoms with Crippen molar-refractivity contribution in [3.63, 3.8) is 0 Å². The molecule has 1 aromatic heterocycles. The molecule has 4 rings (SSSR count). The quantitative estimate of drug-likeness (QED) is 0.525. The molecule has 2 N–H and O–H groups in total. The zero-order valence-corrected chi connectivity index (χ0v) is 17.8. The summed E-state index contributed by atoms with van der Waals surface area (Å²) in [4.78, 5) is 19.1. The monoisotopic (exact) mass is 453 g/mol. The molecule has 0 amide bonds. The van der Waals surface area contributed by atoms with Crippen LogP contribution in [0.25, 0.3) is 22.4 Å². The lowest BCUT2D eigenvalue weighted by atomic mass is 10.0. The normalized spacial score (nSPS) is 12.8. The average molecular weight is 453 g/mol. The zero-order chi connectivity index (χ0) is 20.6. The molecule has 2 heterocycles. The number of ether oxygens (including phenoxy) is 4. The second-order valence-electron chi connectivity index (χ2n) is 5.94. The Morgan fingerprint density at radius 1 is 1.10 bits per heavy atom. The van der Waals surface area contributed by atoms with Gasteiger partial charge in [-0.05, 0) is 52.7 Å². The molecule has 0 unspecified atom stereocenters. The fraction of sp³-hybridized carbons (Fsp3) is 0.167. The van der Waals surface area contributed by atoms with E-state index >= 15 is 0 Å². The van der Waals surface area contributed by atoms with Crippen molar-refractivity contribution in [1.82, 2.24) is 4.37 Å². The minimum Gasteiger partial charge on any atom is -0.496 e. The van der Waals surface area contributed by atoms with Gasteiger partial charge >= 0.3 is 6.80 Å². The molecule has 3 aromatic rings. The van der Waals surface area contributed by atoms with Crippen molar-refractivity contribution in [1.29, 1.82) is 0 Å². The molecule has 152 valence electrons. The van der Waals surface area contributed by atoms with Crippen LogP contribution in [-0.4, -0.2) is 35.2 Å². The van der Waals surface area contributed by atoms with Gasteiger partial charge in [0.15, 0.2) is 11.5 Å². The van der Waals surface area contributed by atoms with Crippen LogP contribution < -0.4 is 18.9 Å². The van der Waals surface area contributed by atoms with Crippen LogP contribution in [0.15, 0.2) is 40.6 Å². The molecule has 0 fully saturated rings. The van der Waals surface area contributed by atoms with Crippen LogP contribution in [0.1, 0.15) is 0 Å². The molecule has 0 aliphatic carbocycles. The maximum Gasteiger partial charge on any atom is 0.388 e. The Morgan fingerprint density at radius 2 is 1.90 bits per heavy atom. The van der Waals surface area contributed by atoms with Crippen LogP contribution in [0.2, 0.25) is 0 Å². The maximum absolute atomic E-state index is 11.5. The summed E-state index contributed by atoms with van der Waals surface area (Å²) in [5, 5.41) is 1.88. The molecular formula is C18H16NO7PS2. The van der Waals surface area contributed by atoms with Crippen molar-refractivity contribution >= 4 is 29.7 Å². The van der Waals surface area contributed by atoms with Crippen LogP contribution in [0, 0.1) is 0 Å². The Labute approximate surface area is 174 Å². The zero-order valence-electron chi connectivity index (χ0n) is 15.3. The van der Waals surface area contributed by atoms with Crippen LogP contribution in [-0.2, 0) is 4.57 Å². The molecule has 0 saturated carbocycles. The molecule has 2 aromatic carbocycles. The van der Waals surface area contributed by atoms with E-state index in [0.717, 1.165) is 16.7 Å². The molecule has 0 atom stereocenters. The molecule has 0 spiro atoms. The summed E-state index contributed by atoms with van der Waals surface area (Å²) in [5.41, 5.74) is 3.04. The lowest BCUT2D eigenvalue weighted by Gasteiger charge is -2.12. The number of rotatable bonds is 6. The maximum atomic E-state index is 11.5. The Bertz CT molecular complexity index is 1110. The number of methoxy groups -OCH3 is 2. The van der Waals surface area contributed by atoms with Crippen LogP contribution in [0.5, 0.6) is 23.0 Å². The van der Waals surface area contributed by atoms with Gasteiger partial charge in [-0.2, -0.15) is 4.37 Å². The smallest absolute Gasteiger partial charge is 0.388 e. The topological polar surface area (TPSA) is 107 Å². The number of nitrogens with zero attached hydrogens (tertiary/aromatic N) is 1. The number of hydrogen-bond acceptors (Lipinski definition) is 8. The van der Waals surface area contributed by atoms with Crippen molar-refractivity contribution in [2.24, 2.45) is 0 Å². The van der Waals surface area contributed by atoms with Gasteiger partial charge in [-0.1, -0.05) is 6.07 Å². The molecule has 1 aliphatic rings. The molecule has 11 heteroatoms. The molecule has 1 aliphatic heterocycles. The van der Waals surface area contributed by atoms with Crippen molar-refractivity contribution in [3.8, 4) is 45.4 Å². The van der Waals surface area contributed by atoms with Gasteiger partial charge < -0.3 is 28.7 Å². The van der Waals surface area contributed by atoms with Crippen LogP contribution in [0.3, 0.4) is 0 Å². The number of benzene rings is 2. The van der Waals surface area contributed by atoms with Gasteiger partial charge in [0.2, 0.25) is 12.5 Å². The summed E-state index contributed by atoms with van der Waals surface area (Å²) in [7, 11) is 3.01. The summed E-state index contributed by atoms with van der Waals surface area (Å²) in [6, 6.07) is 8.83. The van der Waals surface area contributed by atoms with Crippen LogP contribution in [0.4, 0.5) is 0 Å². The Kier molecular flexibility index (Phi) is 5.46. The summed E-state index contributed by atoms with van der Waals surface area (Å²) in [6.07, 6.45) is 0. The highest BCUT2D eigenvalue weighted by Crippen LogP contribution is 2.57. The van der Waals surface area contributed by atoms with Crippen molar-refractivity contribution < 1.29 is 33.3 Å². The summed E-state index contributed by atoms with van der Waals surface area (Å²) >= 11 is 1.73. The van der Waals surface area contributed by atoms with E-state index in [1.54, 1.807) is 19.2 Å². The first-order chi connectivity index (χ1) is 13.9. The van der Waals surface area contributed by atoms with Gasteiger partial charge in [0.05, 0.1) is 24.8 Å². The summed E-state index contributed by atoms with van der Waals surface area (Å²) in [6.45, 7) is -4.21. The van der Waals surface area contributed by atoms with Gasteiger partial charge in [0, 0.05) is 16.5 Å². The minimum atomic E-state index is -4.34. The van der Waals surface area contributed by atoms with Crippen molar-refractivity contribution in [3.05, 3.63) is 35.7 Å². The first kappa shape index (κ1) is 20.1. The Hall–Kier alpha value is -2.23. The van der Waals surface area contributed by atoms with E-state index in [9.17, 15) is 14.4 Å². The van der Waals surface area contributed by atoms with E-state index < -0.39 is 6.80 Å². The number of aromatic nitrogens is 1. The SMILES string of the molecule is COc1ccc(-c2csnc2-c2cc(OC)c3c(c2)OCO3)cc1SP(=O)(O)O. The predicted octanol–water partition coefficient (Wildman–Crippen LogP) is 4.41. The third kappa shape index (κ3) is 4.08. The first-order valence-corrected chi connectivity index (χ1v) is 12.1. The van der Waals surface area contributed by atoms with Gasteiger partial charge in [-0.25, -0.2) is 4.57 Å². The van der Waals surface area contributed by atoms with Crippen molar-refractivity contribution in [2.75, 3.05) is 21.0 Å². The van der Waals surface area contributed by atoms with Gasteiger partial charge in [0.1, 0.15) is 5.75 Å². The second kappa shape index (κ2) is 7.89. The van der Waals surface area contributed by atoms with Crippen LogP contribution >= 0.6 is 29.7 Å². The Balaban J connectivity index is 1.80. The highest BCUT2D eigenvalue weighted by atomic mass is 32.7. The number of fused-ring (bicyclic) bond motifs is 1. The molecular weight excluding hydrogens is 437 g/mol. The Morgan fingerprint density at radius 3 is 2.62 bits per heavy atom. The van der Waals surface area contributed by atoms with E-state index in [0.29, 0.717) is 45.0 Å².